The Morgan fingerprint density at radius 1 is 1.30 bits per heavy atom. The molecule has 37 heavy (non-hydrogen) atoms. The van der Waals surface area contributed by atoms with E-state index >= 15 is 0 Å². The van der Waals surface area contributed by atoms with E-state index in [4.69, 9.17) is 9.47 Å². The number of rotatable bonds is 10. The van der Waals surface area contributed by atoms with Gasteiger partial charge in [0.2, 0.25) is 5.95 Å². The highest BCUT2D eigenvalue weighted by Crippen LogP contribution is 2.29. The minimum Gasteiger partial charge on any atom is -0.491 e. The smallest absolute Gasteiger partial charge is 0.407 e. The minimum atomic E-state index is -1.10. The molecule has 1 saturated carbocycles. The highest BCUT2D eigenvalue weighted by molar-refractivity contribution is 7.83. The Labute approximate surface area is 218 Å². The van der Waals surface area contributed by atoms with Crippen molar-refractivity contribution in [2.75, 3.05) is 30.0 Å². The predicted molar refractivity (Wildman–Crippen MR) is 142 cm³/mol. The third-order valence-electron chi connectivity index (χ3n) is 5.26. The number of alkyl carbamates (subject to hydrolysis) is 1. The van der Waals surface area contributed by atoms with E-state index in [-0.39, 0.29) is 13.2 Å². The molecule has 12 heteroatoms. The van der Waals surface area contributed by atoms with Gasteiger partial charge in [0.15, 0.2) is 0 Å². The molecule has 1 fully saturated rings. The van der Waals surface area contributed by atoms with E-state index in [0.717, 1.165) is 24.1 Å². The molecule has 1 unspecified atom stereocenters. The number of ether oxygens (including phenoxy) is 2. The molecule has 1 amide bonds. The van der Waals surface area contributed by atoms with Crippen LogP contribution in [-0.2, 0) is 21.3 Å². The summed E-state index contributed by atoms with van der Waals surface area (Å²) in [6.45, 7) is 5.88. The van der Waals surface area contributed by atoms with E-state index in [1.807, 2.05) is 12.1 Å². The van der Waals surface area contributed by atoms with E-state index in [1.54, 1.807) is 43.7 Å². The lowest BCUT2D eigenvalue weighted by atomic mass is 10.2. The molecule has 3 N–H and O–H groups in total. The zero-order chi connectivity index (χ0) is 26.6. The number of nitrogens with one attached hydrogen (secondary N) is 3. The van der Waals surface area contributed by atoms with Crippen molar-refractivity contribution in [2.24, 2.45) is 0 Å². The number of nitrogens with zero attached hydrogens (tertiary/aromatic N) is 4. The average molecular weight is 526 g/mol. The van der Waals surface area contributed by atoms with Crippen molar-refractivity contribution in [2.45, 2.75) is 51.0 Å². The van der Waals surface area contributed by atoms with E-state index in [2.05, 4.69) is 32.1 Å². The number of amides is 1. The first-order valence-electron chi connectivity index (χ1n) is 12.0. The zero-order valence-corrected chi connectivity index (χ0v) is 22.1. The molecule has 2 aromatic heterocycles. The van der Waals surface area contributed by atoms with E-state index in [9.17, 15) is 14.3 Å². The van der Waals surface area contributed by atoms with Gasteiger partial charge in [0.25, 0.3) is 0 Å². The van der Waals surface area contributed by atoms with Gasteiger partial charge in [0.05, 0.1) is 29.6 Å². The van der Waals surface area contributed by atoms with Gasteiger partial charge in [-0.3, -0.25) is 4.21 Å². The number of aromatic nitrogens is 3. The number of carbonyl (C=O) groups is 1. The molecule has 0 spiro atoms. The summed E-state index contributed by atoms with van der Waals surface area (Å²) >= 11 is 0. The summed E-state index contributed by atoms with van der Waals surface area (Å²) in [7, 11) is -1.10. The van der Waals surface area contributed by atoms with Crippen LogP contribution >= 0.6 is 0 Å². The third kappa shape index (κ3) is 7.33. The molecule has 0 saturated heterocycles. The maximum absolute atomic E-state index is 12.0. The van der Waals surface area contributed by atoms with Gasteiger partial charge in [-0.05, 0) is 51.8 Å². The van der Waals surface area contributed by atoms with Crippen LogP contribution in [0.4, 0.5) is 22.2 Å². The maximum atomic E-state index is 12.0. The van der Waals surface area contributed by atoms with E-state index in [1.165, 1.54) is 6.20 Å². The zero-order valence-electron chi connectivity index (χ0n) is 21.3. The lowest BCUT2D eigenvalue weighted by molar-refractivity contribution is 0.0520. The second-order valence-corrected chi connectivity index (χ2v) is 11.2. The second-order valence-electron chi connectivity index (χ2n) is 9.79. The summed E-state index contributed by atoms with van der Waals surface area (Å²) in [5.74, 6) is 1.99. The van der Waals surface area contributed by atoms with Gasteiger partial charge in [0.1, 0.15) is 29.8 Å². The Morgan fingerprint density at radius 3 is 2.76 bits per heavy atom. The number of benzene rings is 1. The topological polar surface area (TPSA) is 143 Å². The fourth-order valence-corrected chi connectivity index (χ4v) is 4.21. The molecule has 1 atom stereocenters. The molecular formula is C25H31N7O4S. The fraction of sp³-hybridized carbons (Fsp3) is 0.440. The molecule has 4 rings (SSSR count). The van der Waals surface area contributed by atoms with Gasteiger partial charge in [-0.25, -0.2) is 4.79 Å². The van der Waals surface area contributed by atoms with Gasteiger partial charge < -0.3 is 25.4 Å². The van der Waals surface area contributed by atoms with Crippen LogP contribution in [0.25, 0.3) is 5.52 Å². The third-order valence-corrected chi connectivity index (χ3v) is 5.97. The lowest BCUT2D eigenvalue weighted by Gasteiger charge is -2.20. The number of carbonyl (C=O) groups excluding carboxylic acids is 1. The standard InChI is InChI=1S/C25H31N7O4S/c1-25(2,3)36-24(33)27-9-10-35-21-8-7-19(11-16(21)15-37(4)34)29-22-12-20-17(13-26)14-28-32(20)23(31-22)30-18-5-6-18/h7-8,11-12,14,18,29H,5-6,9-10,15H2,1-4H3,(H,27,33)(H,30,31). The summed E-state index contributed by atoms with van der Waals surface area (Å²) in [6, 6.07) is 9.78. The summed E-state index contributed by atoms with van der Waals surface area (Å²) in [4.78, 5) is 16.5. The maximum Gasteiger partial charge on any atom is 0.407 e. The first-order valence-corrected chi connectivity index (χ1v) is 13.7. The lowest BCUT2D eigenvalue weighted by Crippen LogP contribution is -2.34. The molecule has 11 nitrogen and oxygen atoms in total. The summed E-state index contributed by atoms with van der Waals surface area (Å²) in [6.07, 6.45) is 4.78. The Balaban J connectivity index is 1.49. The number of hydrogen-bond donors (Lipinski definition) is 3. The van der Waals surface area contributed by atoms with Crippen LogP contribution in [0.2, 0.25) is 0 Å². The molecule has 1 aliphatic rings. The normalized spacial score (nSPS) is 14.0. The molecule has 1 aromatic carbocycles. The monoisotopic (exact) mass is 525 g/mol. The molecule has 0 radical (unpaired) electrons. The Morgan fingerprint density at radius 2 is 2.08 bits per heavy atom. The van der Waals surface area contributed by atoms with Crippen molar-refractivity contribution in [3.05, 3.63) is 41.6 Å². The van der Waals surface area contributed by atoms with Crippen LogP contribution in [0.1, 0.15) is 44.7 Å². The molecule has 2 heterocycles. The van der Waals surface area contributed by atoms with Crippen molar-refractivity contribution in [1.29, 1.82) is 5.26 Å². The molecule has 0 bridgehead atoms. The highest BCUT2D eigenvalue weighted by atomic mass is 32.2. The number of nitriles is 1. The molecule has 1 aliphatic carbocycles. The molecular weight excluding hydrogens is 494 g/mol. The quantitative estimate of drug-likeness (QED) is 0.338. The van der Waals surface area contributed by atoms with Crippen molar-refractivity contribution < 1.29 is 18.5 Å². The first kappa shape index (κ1) is 26.2. The van der Waals surface area contributed by atoms with Crippen LogP contribution in [-0.4, -0.2) is 56.0 Å². The fourth-order valence-electron chi connectivity index (χ4n) is 3.55. The molecule has 196 valence electrons. The first-order chi connectivity index (χ1) is 17.6. The highest BCUT2D eigenvalue weighted by Gasteiger charge is 2.24. The van der Waals surface area contributed by atoms with Crippen LogP contribution in [0.15, 0.2) is 30.5 Å². The Kier molecular flexibility index (Phi) is 7.83. The number of hydrogen-bond acceptors (Lipinski definition) is 9. The molecule has 3 aromatic rings. The number of anilines is 3. The minimum absolute atomic E-state index is 0.224. The van der Waals surface area contributed by atoms with Crippen LogP contribution in [0.5, 0.6) is 5.75 Å². The van der Waals surface area contributed by atoms with Gasteiger partial charge >= 0.3 is 6.09 Å². The van der Waals surface area contributed by atoms with E-state index < -0.39 is 22.5 Å². The van der Waals surface area contributed by atoms with Crippen molar-refractivity contribution in [3.63, 3.8) is 0 Å². The summed E-state index contributed by atoms with van der Waals surface area (Å²) in [5, 5.41) is 23.1. The van der Waals surface area contributed by atoms with Crippen molar-refractivity contribution >= 4 is 39.9 Å². The van der Waals surface area contributed by atoms with Crippen LogP contribution < -0.4 is 20.7 Å². The SMILES string of the molecule is CS(=O)Cc1cc(Nc2cc3c(C#N)cnn3c(NC3CC3)n2)ccc1OCCNC(=O)OC(C)(C)C. The second kappa shape index (κ2) is 11.0. The molecule has 0 aliphatic heterocycles. The van der Waals surface area contributed by atoms with Gasteiger partial charge in [-0.2, -0.15) is 19.9 Å². The summed E-state index contributed by atoms with van der Waals surface area (Å²) < 4.78 is 24.7. The largest absolute Gasteiger partial charge is 0.491 e. The van der Waals surface area contributed by atoms with Gasteiger partial charge in [-0.1, -0.05) is 0 Å². The van der Waals surface area contributed by atoms with Crippen molar-refractivity contribution in [3.8, 4) is 11.8 Å². The van der Waals surface area contributed by atoms with Crippen LogP contribution in [0, 0.1) is 11.3 Å². The van der Waals surface area contributed by atoms with E-state index in [0.29, 0.717) is 40.4 Å². The Hall–Kier alpha value is -3.85. The number of fused-ring (bicyclic) bond motifs is 1. The average Bonchev–Trinajstić information content (AvgIpc) is 3.52. The van der Waals surface area contributed by atoms with Gasteiger partial charge in [0, 0.05) is 40.4 Å². The van der Waals surface area contributed by atoms with Crippen LogP contribution in [0.3, 0.4) is 0 Å². The van der Waals surface area contributed by atoms with Gasteiger partial charge in [-0.15, -0.1) is 0 Å². The Bertz CT molecular complexity index is 1360. The predicted octanol–water partition coefficient (Wildman–Crippen LogP) is 3.70. The summed E-state index contributed by atoms with van der Waals surface area (Å²) in [5.41, 5.74) is 2.01. The van der Waals surface area contributed by atoms with Crippen molar-refractivity contribution in [1.82, 2.24) is 19.9 Å².